The molecular formula is C19H19BrN2O4. The summed E-state index contributed by atoms with van der Waals surface area (Å²) in [6.45, 7) is 4.31. The van der Waals surface area contributed by atoms with Crippen LogP contribution in [-0.4, -0.2) is 25.0 Å². The van der Waals surface area contributed by atoms with Crippen LogP contribution in [-0.2, 0) is 16.0 Å². The highest BCUT2D eigenvalue weighted by Gasteiger charge is 2.17. The molecule has 0 saturated carbocycles. The SMILES string of the molecule is CC(=O)Nc1cccc(NC(=O)Cc2cc3c(cc2Br)OCCO3)c1C. The molecule has 0 unspecified atom stereocenters. The molecule has 6 nitrogen and oxygen atoms in total. The zero-order valence-corrected chi connectivity index (χ0v) is 16.1. The van der Waals surface area contributed by atoms with E-state index in [1.807, 2.05) is 19.1 Å². The fraction of sp³-hybridized carbons (Fsp3) is 0.263. The van der Waals surface area contributed by atoms with E-state index in [2.05, 4.69) is 26.6 Å². The van der Waals surface area contributed by atoms with E-state index >= 15 is 0 Å². The first-order chi connectivity index (χ1) is 12.4. The molecule has 0 bridgehead atoms. The van der Waals surface area contributed by atoms with Crippen LogP contribution < -0.4 is 20.1 Å². The molecule has 0 radical (unpaired) electrons. The molecule has 1 heterocycles. The van der Waals surface area contributed by atoms with Gasteiger partial charge in [-0.3, -0.25) is 9.59 Å². The third-order valence-corrected chi connectivity index (χ3v) is 4.72. The molecule has 0 aliphatic carbocycles. The smallest absolute Gasteiger partial charge is 0.228 e. The Morgan fingerprint density at radius 1 is 1.08 bits per heavy atom. The van der Waals surface area contributed by atoms with Gasteiger partial charge in [-0.1, -0.05) is 22.0 Å². The number of nitrogens with one attached hydrogen (secondary N) is 2. The molecule has 0 aromatic heterocycles. The Morgan fingerprint density at radius 3 is 2.35 bits per heavy atom. The molecule has 7 heteroatoms. The third kappa shape index (κ3) is 4.16. The largest absolute Gasteiger partial charge is 0.486 e. The number of benzene rings is 2. The Kier molecular flexibility index (Phi) is 5.46. The molecule has 136 valence electrons. The predicted molar refractivity (Wildman–Crippen MR) is 103 cm³/mol. The Labute approximate surface area is 160 Å². The van der Waals surface area contributed by atoms with Crippen LogP contribution in [0.15, 0.2) is 34.8 Å². The first-order valence-electron chi connectivity index (χ1n) is 8.19. The highest BCUT2D eigenvalue weighted by atomic mass is 79.9. The summed E-state index contributed by atoms with van der Waals surface area (Å²) < 4.78 is 11.9. The van der Waals surface area contributed by atoms with Gasteiger partial charge in [0.05, 0.1) is 6.42 Å². The number of halogens is 1. The van der Waals surface area contributed by atoms with E-state index in [-0.39, 0.29) is 18.2 Å². The number of carbonyl (C=O) groups is 2. The molecule has 0 fully saturated rings. The maximum atomic E-state index is 12.5. The van der Waals surface area contributed by atoms with E-state index in [4.69, 9.17) is 9.47 Å². The number of anilines is 2. The van der Waals surface area contributed by atoms with E-state index < -0.39 is 0 Å². The summed E-state index contributed by atoms with van der Waals surface area (Å²) in [5.74, 6) is 1.000. The number of fused-ring (bicyclic) bond motifs is 1. The number of hydrogen-bond acceptors (Lipinski definition) is 4. The fourth-order valence-corrected chi connectivity index (χ4v) is 3.17. The standard InChI is InChI=1S/C19H19BrN2O4/c1-11-15(21-12(2)23)4-3-5-16(11)22-19(24)9-13-8-17-18(10-14(13)20)26-7-6-25-17/h3-5,8,10H,6-7,9H2,1-2H3,(H,21,23)(H,22,24). The van der Waals surface area contributed by atoms with Gasteiger partial charge >= 0.3 is 0 Å². The van der Waals surface area contributed by atoms with Gasteiger partial charge in [0.25, 0.3) is 0 Å². The minimum Gasteiger partial charge on any atom is -0.486 e. The molecule has 1 aliphatic rings. The first-order valence-corrected chi connectivity index (χ1v) is 8.98. The molecule has 3 rings (SSSR count). The lowest BCUT2D eigenvalue weighted by molar-refractivity contribution is -0.116. The van der Waals surface area contributed by atoms with E-state index in [0.29, 0.717) is 36.1 Å². The quantitative estimate of drug-likeness (QED) is 0.793. The van der Waals surface area contributed by atoms with Crippen LogP contribution in [0.5, 0.6) is 11.5 Å². The summed E-state index contributed by atoms with van der Waals surface area (Å²) >= 11 is 3.48. The Balaban J connectivity index is 1.75. The zero-order chi connectivity index (χ0) is 18.7. The normalized spacial score (nSPS) is 12.4. The van der Waals surface area contributed by atoms with Crippen molar-refractivity contribution in [1.82, 2.24) is 0 Å². The summed E-state index contributed by atoms with van der Waals surface area (Å²) in [7, 11) is 0. The Hall–Kier alpha value is -2.54. The average molecular weight is 419 g/mol. The van der Waals surface area contributed by atoms with Crippen LogP contribution in [0, 0.1) is 6.92 Å². The number of carbonyl (C=O) groups excluding carboxylic acids is 2. The third-order valence-electron chi connectivity index (χ3n) is 3.98. The summed E-state index contributed by atoms with van der Waals surface area (Å²) in [4.78, 5) is 23.8. The van der Waals surface area contributed by atoms with Crippen molar-refractivity contribution in [3.63, 3.8) is 0 Å². The first kappa shape index (κ1) is 18.3. The fourth-order valence-electron chi connectivity index (χ4n) is 2.71. The monoisotopic (exact) mass is 418 g/mol. The highest BCUT2D eigenvalue weighted by molar-refractivity contribution is 9.10. The molecule has 1 aliphatic heterocycles. The second-order valence-corrected chi connectivity index (χ2v) is 6.83. The topological polar surface area (TPSA) is 76.7 Å². The molecule has 26 heavy (non-hydrogen) atoms. The van der Waals surface area contributed by atoms with Gasteiger partial charge in [0.1, 0.15) is 13.2 Å². The second kappa shape index (κ2) is 7.78. The van der Waals surface area contributed by atoms with Crippen molar-refractivity contribution in [2.75, 3.05) is 23.8 Å². The lowest BCUT2D eigenvalue weighted by Crippen LogP contribution is -2.18. The maximum absolute atomic E-state index is 12.5. The molecule has 0 atom stereocenters. The Morgan fingerprint density at radius 2 is 1.69 bits per heavy atom. The van der Waals surface area contributed by atoms with Gasteiger partial charge in [-0.25, -0.2) is 0 Å². The molecule has 2 amide bonds. The average Bonchev–Trinajstić information content (AvgIpc) is 2.59. The maximum Gasteiger partial charge on any atom is 0.228 e. The summed E-state index contributed by atoms with van der Waals surface area (Å²) in [6, 6.07) is 9.02. The van der Waals surface area contributed by atoms with Crippen LogP contribution in [0.3, 0.4) is 0 Å². The number of rotatable bonds is 4. The Bertz CT molecular complexity index is 867. The summed E-state index contributed by atoms with van der Waals surface area (Å²) in [5, 5.41) is 5.65. The molecule has 2 aromatic rings. The van der Waals surface area contributed by atoms with Crippen molar-refractivity contribution >= 4 is 39.1 Å². The van der Waals surface area contributed by atoms with E-state index in [9.17, 15) is 9.59 Å². The van der Waals surface area contributed by atoms with Gasteiger partial charge in [-0.05, 0) is 42.3 Å². The number of hydrogen-bond donors (Lipinski definition) is 2. The van der Waals surface area contributed by atoms with Crippen LogP contribution in [0.4, 0.5) is 11.4 Å². The molecular weight excluding hydrogens is 400 g/mol. The van der Waals surface area contributed by atoms with Gasteiger partial charge in [0.2, 0.25) is 11.8 Å². The second-order valence-electron chi connectivity index (χ2n) is 5.97. The van der Waals surface area contributed by atoms with Crippen LogP contribution in [0.1, 0.15) is 18.1 Å². The lowest BCUT2D eigenvalue weighted by Gasteiger charge is -2.20. The van der Waals surface area contributed by atoms with Gasteiger partial charge in [0, 0.05) is 22.8 Å². The summed E-state index contributed by atoms with van der Waals surface area (Å²) in [5.41, 5.74) is 2.95. The van der Waals surface area contributed by atoms with Crippen LogP contribution >= 0.6 is 15.9 Å². The van der Waals surface area contributed by atoms with Crippen LogP contribution in [0.25, 0.3) is 0 Å². The molecule has 2 N–H and O–H groups in total. The van der Waals surface area contributed by atoms with E-state index in [1.54, 1.807) is 18.2 Å². The predicted octanol–water partition coefficient (Wildman–Crippen LogP) is 3.67. The van der Waals surface area contributed by atoms with Gasteiger partial charge in [-0.15, -0.1) is 0 Å². The van der Waals surface area contributed by atoms with Crippen molar-refractivity contribution in [2.24, 2.45) is 0 Å². The van der Waals surface area contributed by atoms with E-state index in [1.165, 1.54) is 6.92 Å². The molecule has 0 spiro atoms. The van der Waals surface area contributed by atoms with Gasteiger partial charge in [-0.2, -0.15) is 0 Å². The van der Waals surface area contributed by atoms with Gasteiger partial charge in [0.15, 0.2) is 11.5 Å². The molecule has 0 saturated heterocycles. The van der Waals surface area contributed by atoms with E-state index in [0.717, 1.165) is 15.6 Å². The number of ether oxygens (including phenoxy) is 2. The zero-order valence-electron chi connectivity index (χ0n) is 14.5. The highest BCUT2D eigenvalue weighted by Crippen LogP contribution is 2.36. The number of amides is 2. The minimum atomic E-state index is -0.162. The van der Waals surface area contributed by atoms with Crippen molar-refractivity contribution in [2.45, 2.75) is 20.3 Å². The lowest BCUT2D eigenvalue weighted by atomic mass is 10.1. The van der Waals surface area contributed by atoms with Gasteiger partial charge < -0.3 is 20.1 Å². The molecule has 2 aromatic carbocycles. The van der Waals surface area contributed by atoms with Crippen molar-refractivity contribution in [3.05, 3.63) is 45.9 Å². The van der Waals surface area contributed by atoms with Crippen molar-refractivity contribution in [1.29, 1.82) is 0 Å². The van der Waals surface area contributed by atoms with Crippen molar-refractivity contribution < 1.29 is 19.1 Å². The van der Waals surface area contributed by atoms with Crippen molar-refractivity contribution in [3.8, 4) is 11.5 Å². The van der Waals surface area contributed by atoms with Crippen LogP contribution in [0.2, 0.25) is 0 Å². The summed E-state index contributed by atoms with van der Waals surface area (Å²) in [6.07, 6.45) is 0.182. The minimum absolute atomic E-state index is 0.156.